The highest BCUT2D eigenvalue weighted by Crippen LogP contribution is 2.32. The zero-order valence-corrected chi connectivity index (χ0v) is 14.2. The van der Waals surface area contributed by atoms with Crippen LogP contribution in [0.3, 0.4) is 0 Å². The van der Waals surface area contributed by atoms with Crippen LogP contribution in [0, 0.1) is 6.92 Å². The molecule has 25 heavy (non-hydrogen) atoms. The average Bonchev–Trinajstić information content (AvgIpc) is 3.00. The van der Waals surface area contributed by atoms with E-state index in [1.807, 2.05) is 74.5 Å². The van der Waals surface area contributed by atoms with Crippen molar-refractivity contribution in [3.8, 4) is 0 Å². The second kappa shape index (κ2) is 6.10. The van der Waals surface area contributed by atoms with Gasteiger partial charge in [0.05, 0.1) is 6.04 Å². The van der Waals surface area contributed by atoms with Gasteiger partial charge >= 0.3 is 0 Å². The lowest BCUT2D eigenvalue weighted by Crippen LogP contribution is -2.26. The van der Waals surface area contributed by atoms with E-state index in [9.17, 15) is 4.79 Å². The summed E-state index contributed by atoms with van der Waals surface area (Å²) in [6, 6.07) is 22.0. The van der Waals surface area contributed by atoms with Crippen molar-refractivity contribution in [2.45, 2.75) is 19.9 Å². The first-order valence-electron chi connectivity index (χ1n) is 8.42. The van der Waals surface area contributed by atoms with E-state index >= 15 is 0 Å². The lowest BCUT2D eigenvalue weighted by Gasteiger charge is -2.13. The Balaban J connectivity index is 1.72. The van der Waals surface area contributed by atoms with Crippen LogP contribution in [0.2, 0.25) is 0 Å². The quantitative estimate of drug-likeness (QED) is 0.548. The van der Waals surface area contributed by atoms with Crippen LogP contribution in [0.15, 0.2) is 71.1 Å². The van der Waals surface area contributed by atoms with Crippen LogP contribution in [-0.2, 0) is 0 Å². The third-order valence-corrected chi connectivity index (χ3v) is 4.68. The molecule has 0 saturated carbocycles. The number of fused-ring (bicyclic) bond motifs is 3. The molecule has 0 aliphatic heterocycles. The highest BCUT2D eigenvalue weighted by atomic mass is 16.3. The third-order valence-electron chi connectivity index (χ3n) is 4.68. The first kappa shape index (κ1) is 15.5. The Kier molecular flexibility index (Phi) is 3.77. The van der Waals surface area contributed by atoms with Gasteiger partial charge in [-0.05, 0) is 24.8 Å². The summed E-state index contributed by atoms with van der Waals surface area (Å²) < 4.78 is 6.00. The van der Waals surface area contributed by atoms with Gasteiger partial charge in [0.2, 0.25) is 0 Å². The van der Waals surface area contributed by atoms with Crippen LogP contribution in [-0.4, -0.2) is 5.91 Å². The van der Waals surface area contributed by atoms with Crippen molar-refractivity contribution in [2.24, 2.45) is 0 Å². The molecular formula is C22H19NO2. The van der Waals surface area contributed by atoms with Crippen molar-refractivity contribution in [2.75, 3.05) is 0 Å². The van der Waals surface area contributed by atoms with E-state index in [0.717, 1.165) is 32.9 Å². The van der Waals surface area contributed by atoms with Gasteiger partial charge in [-0.3, -0.25) is 4.79 Å². The minimum absolute atomic E-state index is 0.0851. The van der Waals surface area contributed by atoms with Crippen molar-refractivity contribution < 1.29 is 9.21 Å². The maximum atomic E-state index is 12.8. The Bertz CT molecular complexity index is 1060. The highest BCUT2D eigenvalue weighted by molar-refractivity contribution is 6.08. The summed E-state index contributed by atoms with van der Waals surface area (Å²) in [5.41, 5.74) is 2.71. The standard InChI is InChI=1S/C22H19NO2/c1-14-18-13-12-17-10-6-7-11-19(17)21(18)25-20(14)22(24)23-15(2)16-8-4-3-5-9-16/h3-13,15H,1-2H3,(H,23,24)/t15-/m0/s1. The fourth-order valence-corrected chi connectivity index (χ4v) is 3.25. The molecule has 1 aromatic heterocycles. The van der Waals surface area contributed by atoms with Gasteiger partial charge < -0.3 is 9.73 Å². The Morgan fingerprint density at radius 1 is 0.920 bits per heavy atom. The fourth-order valence-electron chi connectivity index (χ4n) is 3.25. The van der Waals surface area contributed by atoms with Gasteiger partial charge in [0.1, 0.15) is 5.58 Å². The van der Waals surface area contributed by atoms with E-state index in [4.69, 9.17) is 4.42 Å². The summed E-state index contributed by atoms with van der Waals surface area (Å²) in [7, 11) is 0. The molecule has 1 amide bonds. The topological polar surface area (TPSA) is 42.2 Å². The van der Waals surface area contributed by atoms with Gasteiger partial charge in [-0.2, -0.15) is 0 Å². The molecule has 1 atom stereocenters. The molecule has 0 bridgehead atoms. The molecule has 0 spiro atoms. The largest absolute Gasteiger partial charge is 0.450 e. The lowest BCUT2D eigenvalue weighted by atomic mass is 10.1. The molecule has 4 aromatic rings. The van der Waals surface area contributed by atoms with Crippen molar-refractivity contribution in [3.63, 3.8) is 0 Å². The summed E-state index contributed by atoms with van der Waals surface area (Å²) in [5.74, 6) is 0.197. The maximum absolute atomic E-state index is 12.8. The number of carbonyl (C=O) groups is 1. The van der Waals surface area contributed by atoms with E-state index < -0.39 is 0 Å². The van der Waals surface area contributed by atoms with Gasteiger partial charge in [0.15, 0.2) is 5.76 Å². The van der Waals surface area contributed by atoms with Crippen LogP contribution in [0.5, 0.6) is 0 Å². The smallest absolute Gasteiger partial charge is 0.287 e. The van der Waals surface area contributed by atoms with Gasteiger partial charge in [-0.25, -0.2) is 0 Å². The second-order valence-corrected chi connectivity index (χ2v) is 6.33. The monoisotopic (exact) mass is 329 g/mol. The molecule has 0 unspecified atom stereocenters. The number of furan rings is 1. The first-order valence-corrected chi connectivity index (χ1v) is 8.42. The van der Waals surface area contributed by atoms with Crippen LogP contribution in [0.1, 0.15) is 34.6 Å². The molecule has 4 rings (SSSR count). The van der Waals surface area contributed by atoms with E-state index in [0.29, 0.717) is 5.76 Å². The maximum Gasteiger partial charge on any atom is 0.287 e. The number of benzene rings is 3. The normalized spacial score (nSPS) is 12.4. The SMILES string of the molecule is Cc1c(C(=O)N[C@@H](C)c2ccccc2)oc2c1ccc1ccccc12. The fraction of sp³-hybridized carbons (Fsp3) is 0.136. The number of hydrogen-bond acceptors (Lipinski definition) is 2. The molecule has 0 fully saturated rings. The highest BCUT2D eigenvalue weighted by Gasteiger charge is 2.20. The predicted molar refractivity (Wildman–Crippen MR) is 101 cm³/mol. The third kappa shape index (κ3) is 2.68. The van der Waals surface area contributed by atoms with E-state index in [1.54, 1.807) is 0 Å². The Labute approximate surface area is 146 Å². The second-order valence-electron chi connectivity index (χ2n) is 6.33. The summed E-state index contributed by atoms with van der Waals surface area (Å²) in [4.78, 5) is 12.8. The average molecular weight is 329 g/mol. The molecule has 0 aliphatic rings. The van der Waals surface area contributed by atoms with E-state index in [1.165, 1.54) is 0 Å². The zero-order valence-electron chi connectivity index (χ0n) is 14.2. The molecule has 0 saturated heterocycles. The predicted octanol–water partition coefficient (Wildman–Crippen LogP) is 5.39. The number of carbonyl (C=O) groups excluding carboxylic acids is 1. The van der Waals surface area contributed by atoms with Crippen molar-refractivity contribution in [1.82, 2.24) is 5.32 Å². The lowest BCUT2D eigenvalue weighted by molar-refractivity contribution is 0.0913. The van der Waals surface area contributed by atoms with Crippen LogP contribution in [0.25, 0.3) is 21.7 Å². The van der Waals surface area contributed by atoms with Crippen LogP contribution >= 0.6 is 0 Å². The van der Waals surface area contributed by atoms with Gasteiger partial charge in [0.25, 0.3) is 5.91 Å². The number of rotatable bonds is 3. The van der Waals surface area contributed by atoms with Crippen LogP contribution in [0.4, 0.5) is 0 Å². The molecule has 124 valence electrons. The van der Waals surface area contributed by atoms with Crippen molar-refractivity contribution in [1.29, 1.82) is 0 Å². The summed E-state index contributed by atoms with van der Waals surface area (Å²) in [6.45, 7) is 3.91. The molecule has 0 radical (unpaired) electrons. The van der Waals surface area contributed by atoms with Crippen molar-refractivity contribution in [3.05, 3.63) is 83.6 Å². The molecule has 1 heterocycles. The molecule has 1 N–H and O–H groups in total. The van der Waals surface area contributed by atoms with E-state index in [2.05, 4.69) is 11.4 Å². The summed E-state index contributed by atoms with van der Waals surface area (Å²) in [5, 5.41) is 6.14. The molecule has 0 aliphatic carbocycles. The van der Waals surface area contributed by atoms with Crippen molar-refractivity contribution >= 4 is 27.6 Å². The number of hydrogen-bond donors (Lipinski definition) is 1. The molecule has 3 nitrogen and oxygen atoms in total. The zero-order chi connectivity index (χ0) is 17.4. The molecular weight excluding hydrogens is 310 g/mol. The molecule has 3 aromatic carbocycles. The summed E-state index contributed by atoms with van der Waals surface area (Å²) >= 11 is 0. The van der Waals surface area contributed by atoms with Gasteiger partial charge in [0, 0.05) is 16.3 Å². The number of amides is 1. The minimum atomic E-state index is -0.186. The van der Waals surface area contributed by atoms with E-state index in [-0.39, 0.29) is 11.9 Å². The molecule has 3 heteroatoms. The number of aryl methyl sites for hydroxylation is 1. The minimum Gasteiger partial charge on any atom is -0.450 e. The summed E-state index contributed by atoms with van der Waals surface area (Å²) in [6.07, 6.45) is 0. The van der Waals surface area contributed by atoms with Crippen LogP contribution < -0.4 is 5.32 Å². The Hall–Kier alpha value is -3.07. The first-order chi connectivity index (χ1) is 12.1. The number of nitrogens with one attached hydrogen (secondary N) is 1. The Morgan fingerprint density at radius 3 is 2.44 bits per heavy atom. The van der Waals surface area contributed by atoms with Gasteiger partial charge in [-0.15, -0.1) is 0 Å². The Morgan fingerprint density at radius 2 is 1.64 bits per heavy atom. The van der Waals surface area contributed by atoms with Gasteiger partial charge in [-0.1, -0.05) is 66.7 Å².